The third-order valence-corrected chi connectivity index (χ3v) is 4.67. The number of carbonyl (C=O) groups is 2. The zero-order chi connectivity index (χ0) is 20.3. The van der Waals surface area contributed by atoms with Crippen molar-refractivity contribution in [3.05, 3.63) is 52.9 Å². The number of nitrogens with zero attached hydrogens (tertiary/aromatic N) is 4. The van der Waals surface area contributed by atoms with Gasteiger partial charge in [-0.15, -0.1) is 0 Å². The van der Waals surface area contributed by atoms with Gasteiger partial charge < -0.3 is 9.64 Å². The van der Waals surface area contributed by atoms with Crippen molar-refractivity contribution in [1.82, 2.24) is 19.6 Å². The summed E-state index contributed by atoms with van der Waals surface area (Å²) in [6.07, 6.45) is 0. The number of benzene rings is 1. The molecule has 9 heteroatoms. The molecule has 1 aromatic carbocycles. The number of carbonyl (C=O) groups excluding carboxylic acids is 2. The number of halogens is 2. The van der Waals surface area contributed by atoms with E-state index >= 15 is 0 Å². The fraction of sp³-hybridized carbons (Fsp3) is 0.421. The van der Waals surface area contributed by atoms with Crippen LogP contribution in [-0.4, -0.2) is 64.2 Å². The molecule has 2 aromatic rings. The first kappa shape index (κ1) is 19.9. The van der Waals surface area contributed by atoms with Gasteiger partial charge in [-0.05, 0) is 13.0 Å². The number of esters is 1. The first-order chi connectivity index (χ1) is 13.4. The Labute approximate surface area is 161 Å². The van der Waals surface area contributed by atoms with Crippen LogP contribution in [0.4, 0.5) is 8.78 Å². The van der Waals surface area contributed by atoms with Gasteiger partial charge in [0.2, 0.25) is 0 Å². The van der Waals surface area contributed by atoms with Crippen LogP contribution >= 0.6 is 0 Å². The van der Waals surface area contributed by atoms with Gasteiger partial charge in [0.1, 0.15) is 5.69 Å². The highest BCUT2D eigenvalue weighted by Gasteiger charge is 2.26. The third-order valence-electron chi connectivity index (χ3n) is 4.67. The molecule has 0 atom stereocenters. The van der Waals surface area contributed by atoms with Gasteiger partial charge in [0.25, 0.3) is 5.91 Å². The number of piperazine rings is 1. The minimum atomic E-state index is -0.862. The van der Waals surface area contributed by atoms with Crippen molar-refractivity contribution in [3.8, 4) is 0 Å². The molecule has 1 fully saturated rings. The molecule has 1 aliphatic rings. The standard InChI is InChI=1S/C19H22F2N4O3/c1-3-28-19(27)16-11-15(22-23(16)2)18(26)25-9-7-24(8-10-25)12-13-5-4-6-14(20)17(13)21/h4-6,11H,3,7-10,12H2,1-2H3. The molecule has 0 unspecified atom stereocenters. The van der Waals surface area contributed by atoms with E-state index in [-0.39, 0.29) is 30.4 Å². The second-order valence-corrected chi connectivity index (χ2v) is 6.54. The summed E-state index contributed by atoms with van der Waals surface area (Å²) >= 11 is 0. The number of aromatic nitrogens is 2. The molecule has 0 N–H and O–H groups in total. The topological polar surface area (TPSA) is 67.7 Å². The van der Waals surface area contributed by atoms with E-state index in [4.69, 9.17) is 4.74 Å². The number of rotatable bonds is 5. The molecule has 3 rings (SSSR count). The number of hydrogen-bond donors (Lipinski definition) is 0. The van der Waals surface area contributed by atoms with Gasteiger partial charge >= 0.3 is 5.97 Å². The second-order valence-electron chi connectivity index (χ2n) is 6.54. The summed E-state index contributed by atoms with van der Waals surface area (Å²) in [5.74, 6) is -2.50. The molecule has 0 bridgehead atoms. The molecule has 2 heterocycles. The van der Waals surface area contributed by atoms with Gasteiger partial charge in [-0.2, -0.15) is 5.10 Å². The Hall–Kier alpha value is -2.81. The Balaban J connectivity index is 1.60. The molecule has 1 saturated heterocycles. The summed E-state index contributed by atoms with van der Waals surface area (Å²) in [6, 6.07) is 5.55. The maximum Gasteiger partial charge on any atom is 0.356 e. The average molecular weight is 392 g/mol. The Kier molecular flexibility index (Phi) is 6.03. The second kappa shape index (κ2) is 8.47. The number of hydrogen-bond acceptors (Lipinski definition) is 5. The minimum absolute atomic E-state index is 0.176. The van der Waals surface area contributed by atoms with Gasteiger partial charge in [0, 0.05) is 51.4 Å². The minimum Gasteiger partial charge on any atom is -0.461 e. The van der Waals surface area contributed by atoms with Crippen molar-refractivity contribution >= 4 is 11.9 Å². The molecule has 150 valence electrons. The van der Waals surface area contributed by atoms with Crippen LogP contribution in [-0.2, 0) is 18.3 Å². The van der Waals surface area contributed by atoms with Crippen LogP contribution in [0, 0.1) is 11.6 Å². The molecular formula is C19H22F2N4O3. The first-order valence-electron chi connectivity index (χ1n) is 9.06. The van der Waals surface area contributed by atoms with Crippen LogP contribution in [0.25, 0.3) is 0 Å². The van der Waals surface area contributed by atoms with Gasteiger partial charge in [0.15, 0.2) is 17.3 Å². The highest BCUT2D eigenvalue weighted by molar-refractivity contribution is 5.96. The zero-order valence-electron chi connectivity index (χ0n) is 15.8. The maximum atomic E-state index is 13.8. The van der Waals surface area contributed by atoms with E-state index in [0.29, 0.717) is 31.7 Å². The number of aryl methyl sites for hydroxylation is 1. The van der Waals surface area contributed by atoms with Crippen LogP contribution in [0.15, 0.2) is 24.3 Å². The fourth-order valence-corrected chi connectivity index (χ4v) is 3.15. The van der Waals surface area contributed by atoms with E-state index in [1.807, 2.05) is 4.90 Å². The smallest absolute Gasteiger partial charge is 0.356 e. The lowest BCUT2D eigenvalue weighted by atomic mass is 10.1. The Morgan fingerprint density at radius 2 is 1.89 bits per heavy atom. The van der Waals surface area contributed by atoms with Crippen LogP contribution in [0.3, 0.4) is 0 Å². The van der Waals surface area contributed by atoms with E-state index in [1.165, 1.54) is 16.8 Å². The Bertz CT molecular complexity index is 876. The summed E-state index contributed by atoms with van der Waals surface area (Å²) in [6.45, 7) is 4.14. The van der Waals surface area contributed by atoms with Crippen molar-refractivity contribution in [1.29, 1.82) is 0 Å². The molecule has 28 heavy (non-hydrogen) atoms. The van der Waals surface area contributed by atoms with E-state index in [1.54, 1.807) is 24.9 Å². The molecule has 1 amide bonds. The van der Waals surface area contributed by atoms with Gasteiger partial charge in [-0.25, -0.2) is 13.6 Å². The highest BCUT2D eigenvalue weighted by atomic mass is 19.2. The highest BCUT2D eigenvalue weighted by Crippen LogP contribution is 2.16. The van der Waals surface area contributed by atoms with Gasteiger partial charge in [0.05, 0.1) is 6.61 Å². The molecule has 0 saturated carbocycles. The normalized spacial score (nSPS) is 14.9. The maximum absolute atomic E-state index is 13.8. The monoisotopic (exact) mass is 392 g/mol. The van der Waals surface area contributed by atoms with Crippen molar-refractivity contribution < 1.29 is 23.1 Å². The molecular weight excluding hydrogens is 370 g/mol. The zero-order valence-corrected chi connectivity index (χ0v) is 15.8. The van der Waals surface area contributed by atoms with Crippen LogP contribution in [0.1, 0.15) is 33.5 Å². The van der Waals surface area contributed by atoms with Crippen LogP contribution in [0.5, 0.6) is 0 Å². The van der Waals surface area contributed by atoms with Crippen molar-refractivity contribution in [3.63, 3.8) is 0 Å². The number of ether oxygens (including phenoxy) is 1. The summed E-state index contributed by atoms with van der Waals surface area (Å²) in [4.78, 5) is 28.2. The molecule has 7 nitrogen and oxygen atoms in total. The quantitative estimate of drug-likeness (QED) is 0.727. The third kappa shape index (κ3) is 4.19. The predicted molar refractivity (Wildman–Crippen MR) is 96.7 cm³/mol. The summed E-state index contributed by atoms with van der Waals surface area (Å²) in [7, 11) is 1.58. The molecule has 1 aromatic heterocycles. The van der Waals surface area contributed by atoms with E-state index in [2.05, 4.69) is 5.10 Å². The Morgan fingerprint density at radius 3 is 2.57 bits per heavy atom. The fourth-order valence-electron chi connectivity index (χ4n) is 3.15. The van der Waals surface area contributed by atoms with Gasteiger partial charge in [-0.1, -0.05) is 12.1 Å². The van der Waals surface area contributed by atoms with E-state index in [9.17, 15) is 18.4 Å². The predicted octanol–water partition coefficient (Wildman–Crippen LogP) is 1.83. The SMILES string of the molecule is CCOC(=O)c1cc(C(=O)N2CCN(Cc3cccc(F)c3F)CC2)nn1C. The molecule has 0 spiro atoms. The van der Waals surface area contributed by atoms with Crippen molar-refractivity contribution in [2.75, 3.05) is 32.8 Å². The number of amides is 1. The summed E-state index contributed by atoms with van der Waals surface area (Å²) in [5.41, 5.74) is 0.684. The lowest BCUT2D eigenvalue weighted by Crippen LogP contribution is -2.48. The van der Waals surface area contributed by atoms with E-state index in [0.717, 1.165) is 6.07 Å². The average Bonchev–Trinajstić information content (AvgIpc) is 3.07. The molecule has 0 radical (unpaired) electrons. The summed E-state index contributed by atoms with van der Waals surface area (Å²) in [5, 5.41) is 4.12. The van der Waals surface area contributed by atoms with Crippen molar-refractivity contribution in [2.45, 2.75) is 13.5 Å². The lowest BCUT2D eigenvalue weighted by Gasteiger charge is -2.34. The van der Waals surface area contributed by atoms with Gasteiger partial charge in [-0.3, -0.25) is 14.4 Å². The Morgan fingerprint density at radius 1 is 1.18 bits per heavy atom. The molecule has 1 aliphatic heterocycles. The largest absolute Gasteiger partial charge is 0.461 e. The lowest BCUT2D eigenvalue weighted by molar-refractivity contribution is 0.0513. The van der Waals surface area contributed by atoms with Crippen molar-refractivity contribution in [2.24, 2.45) is 7.05 Å². The first-order valence-corrected chi connectivity index (χ1v) is 9.06. The van der Waals surface area contributed by atoms with E-state index < -0.39 is 17.6 Å². The van der Waals surface area contributed by atoms with Crippen LogP contribution in [0.2, 0.25) is 0 Å². The summed E-state index contributed by atoms with van der Waals surface area (Å²) < 4.78 is 33.4. The van der Waals surface area contributed by atoms with Crippen LogP contribution < -0.4 is 0 Å². The molecule has 0 aliphatic carbocycles.